The van der Waals surface area contributed by atoms with E-state index in [0.29, 0.717) is 0 Å². The minimum absolute atomic E-state index is 0.0109. The lowest BCUT2D eigenvalue weighted by Crippen LogP contribution is -2.14. The molecule has 0 bridgehead atoms. The maximum atomic E-state index is 4.67. The van der Waals surface area contributed by atoms with Crippen molar-refractivity contribution in [2.75, 3.05) is 0 Å². The van der Waals surface area contributed by atoms with Crippen LogP contribution in [-0.4, -0.2) is 9.55 Å². The van der Waals surface area contributed by atoms with Crippen LogP contribution in [0.25, 0.3) is 49.5 Å². The number of para-hydroxylation sites is 1. The third-order valence-electron chi connectivity index (χ3n) is 7.23. The van der Waals surface area contributed by atoms with E-state index in [4.69, 9.17) is 0 Å². The summed E-state index contributed by atoms with van der Waals surface area (Å²) in [5, 5.41) is 5.17. The molecule has 0 saturated carbocycles. The summed E-state index contributed by atoms with van der Waals surface area (Å²) >= 11 is 0. The summed E-state index contributed by atoms with van der Waals surface area (Å²) in [5.74, 6) is 0.950. The lowest BCUT2D eigenvalue weighted by molar-refractivity contribution is 0.661. The molecule has 152 valence electrons. The molecule has 2 nitrogen and oxygen atoms in total. The summed E-state index contributed by atoms with van der Waals surface area (Å²) in [6.45, 7) is 4.68. The fourth-order valence-electron chi connectivity index (χ4n) is 5.72. The molecule has 2 heteroatoms. The first-order valence-corrected chi connectivity index (χ1v) is 11.2. The van der Waals surface area contributed by atoms with Gasteiger partial charge in [-0.2, -0.15) is 0 Å². The number of aromatic nitrogens is 2. The first kappa shape index (κ1) is 17.7. The predicted molar refractivity (Wildman–Crippen MR) is 134 cm³/mol. The van der Waals surface area contributed by atoms with E-state index in [1.165, 1.54) is 54.8 Å². The van der Waals surface area contributed by atoms with Gasteiger partial charge in [-0.1, -0.05) is 68.4 Å². The summed E-state index contributed by atoms with van der Waals surface area (Å²) in [6, 6.07) is 33.0. The average Bonchev–Trinajstić information content (AvgIpc) is 3.28. The largest absolute Gasteiger partial charge is 0.294 e. The summed E-state index contributed by atoms with van der Waals surface area (Å²) in [4.78, 5) is 4.67. The van der Waals surface area contributed by atoms with Crippen LogP contribution in [0.1, 0.15) is 25.0 Å². The van der Waals surface area contributed by atoms with Gasteiger partial charge < -0.3 is 0 Å². The number of hydrogen-bond acceptors (Lipinski definition) is 1. The molecule has 6 aromatic rings. The number of rotatable bonds is 1. The molecule has 0 unspecified atom stereocenters. The van der Waals surface area contributed by atoms with Crippen molar-refractivity contribution in [1.82, 2.24) is 9.55 Å². The summed E-state index contributed by atoms with van der Waals surface area (Å²) < 4.78 is 2.29. The summed E-state index contributed by atoms with van der Waals surface area (Å²) in [5.41, 5.74) is 7.95. The van der Waals surface area contributed by atoms with Crippen LogP contribution in [0.15, 0.2) is 97.2 Å². The molecule has 4 aromatic carbocycles. The quantitative estimate of drug-likeness (QED) is 0.272. The van der Waals surface area contributed by atoms with E-state index in [0.717, 1.165) is 5.82 Å². The Kier molecular flexibility index (Phi) is 3.37. The SMILES string of the molecule is CC1(C)c2ccccc2-c2cc3c(ccc4c3c3ccccc3n4-c3ccccn3)cc21. The van der Waals surface area contributed by atoms with Crippen molar-refractivity contribution < 1.29 is 0 Å². The Hall–Kier alpha value is -3.91. The van der Waals surface area contributed by atoms with E-state index in [9.17, 15) is 0 Å². The third-order valence-corrected chi connectivity index (χ3v) is 7.23. The van der Waals surface area contributed by atoms with Crippen LogP contribution in [0.4, 0.5) is 0 Å². The number of benzene rings is 4. The van der Waals surface area contributed by atoms with Crippen LogP contribution < -0.4 is 0 Å². The Morgan fingerprint density at radius 3 is 2.34 bits per heavy atom. The van der Waals surface area contributed by atoms with Crippen molar-refractivity contribution >= 4 is 32.6 Å². The minimum atomic E-state index is 0.0109. The molecule has 2 heterocycles. The highest BCUT2D eigenvalue weighted by molar-refractivity contribution is 6.22. The lowest BCUT2D eigenvalue weighted by atomic mass is 9.82. The molecule has 0 spiro atoms. The van der Waals surface area contributed by atoms with Crippen LogP contribution in [0.5, 0.6) is 0 Å². The first-order valence-electron chi connectivity index (χ1n) is 11.2. The Balaban J connectivity index is 1.66. The number of hydrogen-bond donors (Lipinski definition) is 0. The van der Waals surface area contributed by atoms with Gasteiger partial charge in [0.25, 0.3) is 0 Å². The molecule has 0 aliphatic heterocycles. The standard InChI is InChI=1S/C30H22N2/c1-30(2)24-11-5-3-9-20(24)23-18-22-19(17-25(23)30)14-15-27-29(22)21-10-4-6-12-26(21)32(27)28-13-7-8-16-31-28/h3-18H,1-2H3. The van der Waals surface area contributed by atoms with Crippen LogP contribution in [0.3, 0.4) is 0 Å². The van der Waals surface area contributed by atoms with Gasteiger partial charge in [-0.25, -0.2) is 4.98 Å². The smallest absolute Gasteiger partial charge is 0.137 e. The summed E-state index contributed by atoms with van der Waals surface area (Å²) in [7, 11) is 0. The predicted octanol–water partition coefficient (Wildman–Crippen LogP) is 7.64. The van der Waals surface area contributed by atoms with Gasteiger partial charge in [-0.3, -0.25) is 4.57 Å². The number of nitrogens with zero attached hydrogens (tertiary/aromatic N) is 2. The average molecular weight is 411 g/mol. The molecule has 0 atom stereocenters. The molecule has 0 N–H and O–H groups in total. The molecule has 32 heavy (non-hydrogen) atoms. The second-order valence-electron chi connectivity index (χ2n) is 9.29. The zero-order valence-electron chi connectivity index (χ0n) is 18.1. The zero-order chi connectivity index (χ0) is 21.4. The van der Waals surface area contributed by atoms with Gasteiger partial charge in [0, 0.05) is 22.4 Å². The summed E-state index contributed by atoms with van der Waals surface area (Å²) in [6.07, 6.45) is 1.86. The van der Waals surface area contributed by atoms with E-state index < -0.39 is 0 Å². The van der Waals surface area contributed by atoms with Crippen molar-refractivity contribution in [2.24, 2.45) is 0 Å². The topological polar surface area (TPSA) is 17.8 Å². The maximum absolute atomic E-state index is 4.67. The van der Waals surface area contributed by atoms with Crippen molar-refractivity contribution in [3.63, 3.8) is 0 Å². The fourth-order valence-corrected chi connectivity index (χ4v) is 5.72. The van der Waals surface area contributed by atoms with E-state index >= 15 is 0 Å². The van der Waals surface area contributed by atoms with Crippen molar-refractivity contribution in [1.29, 1.82) is 0 Å². The molecular weight excluding hydrogens is 388 g/mol. The lowest BCUT2D eigenvalue weighted by Gasteiger charge is -2.21. The molecule has 1 aliphatic rings. The van der Waals surface area contributed by atoms with Gasteiger partial charge in [0.15, 0.2) is 0 Å². The first-order chi connectivity index (χ1) is 15.6. The van der Waals surface area contributed by atoms with Crippen molar-refractivity contribution in [3.8, 4) is 16.9 Å². The fraction of sp³-hybridized carbons (Fsp3) is 0.100. The molecule has 0 fully saturated rings. The Bertz CT molecular complexity index is 1690. The van der Waals surface area contributed by atoms with E-state index in [2.05, 4.69) is 108 Å². The van der Waals surface area contributed by atoms with Gasteiger partial charge in [-0.15, -0.1) is 0 Å². The van der Waals surface area contributed by atoms with Crippen LogP contribution in [0, 0.1) is 0 Å². The Morgan fingerprint density at radius 1 is 0.656 bits per heavy atom. The highest BCUT2D eigenvalue weighted by Crippen LogP contribution is 2.50. The molecular formula is C30H22N2. The van der Waals surface area contributed by atoms with Crippen LogP contribution in [0.2, 0.25) is 0 Å². The second kappa shape index (κ2) is 6.08. The van der Waals surface area contributed by atoms with Crippen LogP contribution in [-0.2, 0) is 5.41 Å². The minimum Gasteiger partial charge on any atom is -0.294 e. The number of pyridine rings is 1. The van der Waals surface area contributed by atoms with Gasteiger partial charge in [0.05, 0.1) is 11.0 Å². The second-order valence-corrected chi connectivity index (χ2v) is 9.29. The maximum Gasteiger partial charge on any atom is 0.137 e. The molecule has 2 aromatic heterocycles. The molecule has 7 rings (SSSR count). The van der Waals surface area contributed by atoms with Gasteiger partial charge >= 0.3 is 0 Å². The number of fused-ring (bicyclic) bond motifs is 8. The van der Waals surface area contributed by atoms with Crippen LogP contribution >= 0.6 is 0 Å². The van der Waals surface area contributed by atoms with E-state index in [1.54, 1.807) is 0 Å². The Morgan fingerprint density at radius 2 is 1.47 bits per heavy atom. The van der Waals surface area contributed by atoms with Gasteiger partial charge in [-0.05, 0) is 69.4 Å². The molecule has 0 saturated heterocycles. The molecule has 0 amide bonds. The highest BCUT2D eigenvalue weighted by Gasteiger charge is 2.35. The normalized spacial score (nSPS) is 14.2. The van der Waals surface area contributed by atoms with Gasteiger partial charge in [0.1, 0.15) is 5.82 Å². The van der Waals surface area contributed by atoms with Crippen molar-refractivity contribution in [2.45, 2.75) is 19.3 Å². The highest BCUT2D eigenvalue weighted by atomic mass is 15.1. The van der Waals surface area contributed by atoms with Gasteiger partial charge in [0.2, 0.25) is 0 Å². The van der Waals surface area contributed by atoms with E-state index in [1.807, 2.05) is 12.3 Å². The molecule has 1 aliphatic carbocycles. The molecule has 0 radical (unpaired) electrons. The third kappa shape index (κ3) is 2.17. The monoisotopic (exact) mass is 410 g/mol. The van der Waals surface area contributed by atoms with E-state index in [-0.39, 0.29) is 5.41 Å². The zero-order valence-corrected chi connectivity index (χ0v) is 18.1. The Labute approximate surface area is 186 Å². The van der Waals surface area contributed by atoms with Crippen molar-refractivity contribution in [3.05, 3.63) is 108 Å².